The van der Waals surface area contributed by atoms with Crippen molar-refractivity contribution < 1.29 is 0 Å². The van der Waals surface area contributed by atoms with Crippen LogP contribution in [-0.4, -0.2) is 42.6 Å². The van der Waals surface area contributed by atoms with Crippen LogP contribution in [0.1, 0.15) is 5.56 Å². The third-order valence-corrected chi connectivity index (χ3v) is 3.15. The van der Waals surface area contributed by atoms with Gasteiger partial charge in [0.1, 0.15) is 4.60 Å². The molecule has 1 fully saturated rings. The number of piperazine rings is 1. The zero-order valence-corrected chi connectivity index (χ0v) is 10.3. The highest BCUT2D eigenvalue weighted by atomic mass is 79.9. The van der Waals surface area contributed by atoms with Crippen LogP contribution >= 0.6 is 15.9 Å². The molecule has 1 saturated heterocycles. The van der Waals surface area contributed by atoms with Gasteiger partial charge in [0.15, 0.2) is 0 Å². The Bertz CT molecular complexity index is 310. The number of pyridine rings is 1. The Morgan fingerprint density at radius 3 is 2.93 bits per heavy atom. The lowest BCUT2D eigenvalue weighted by atomic mass is 10.2. The lowest BCUT2D eigenvalue weighted by Gasteiger charge is -2.27. The highest BCUT2D eigenvalue weighted by Crippen LogP contribution is 2.09. The molecule has 0 aromatic carbocycles. The third-order valence-electron chi connectivity index (χ3n) is 2.72. The summed E-state index contributed by atoms with van der Waals surface area (Å²) in [5.41, 5.74) is 1.36. The number of rotatable bonds is 3. The number of nitrogens with zero attached hydrogens (tertiary/aromatic N) is 2. The Balaban J connectivity index is 1.81. The SMILES string of the molecule is Brc1cc(CCN2CCNCC2)ccn1. The monoisotopic (exact) mass is 269 g/mol. The molecule has 82 valence electrons. The van der Waals surface area contributed by atoms with Crippen LogP contribution in [0.15, 0.2) is 22.9 Å². The van der Waals surface area contributed by atoms with E-state index in [1.807, 2.05) is 6.20 Å². The Morgan fingerprint density at radius 2 is 2.20 bits per heavy atom. The van der Waals surface area contributed by atoms with Crippen LogP contribution in [0.25, 0.3) is 0 Å². The predicted octanol–water partition coefficient (Wildman–Crippen LogP) is 1.29. The van der Waals surface area contributed by atoms with Gasteiger partial charge < -0.3 is 10.2 Å². The number of hydrogen-bond acceptors (Lipinski definition) is 3. The van der Waals surface area contributed by atoms with E-state index >= 15 is 0 Å². The maximum atomic E-state index is 4.13. The zero-order chi connectivity index (χ0) is 10.5. The van der Waals surface area contributed by atoms with Crippen molar-refractivity contribution in [3.63, 3.8) is 0 Å². The van der Waals surface area contributed by atoms with Crippen molar-refractivity contribution in [2.45, 2.75) is 6.42 Å². The Morgan fingerprint density at radius 1 is 1.40 bits per heavy atom. The maximum Gasteiger partial charge on any atom is 0.106 e. The van der Waals surface area contributed by atoms with Gasteiger partial charge in [-0.15, -0.1) is 0 Å². The van der Waals surface area contributed by atoms with E-state index in [0.29, 0.717) is 0 Å². The average Bonchev–Trinajstić information content (AvgIpc) is 2.28. The van der Waals surface area contributed by atoms with Crippen LogP contribution in [0.5, 0.6) is 0 Å². The van der Waals surface area contributed by atoms with Gasteiger partial charge in [0.25, 0.3) is 0 Å². The minimum absolute atomic E-state index is 0.931. The lowest BCUT2D eigenvalue weighted by Crippen LogP contribution is -2.44. The van der Waals surface area contributed by atoms with Crippen molar-refractivity contribution in [3.05, 3.63) is 28.5 Å². The fourth-order valence-electron chi connectivity index (χ4n) is 1.82. The first-order valence-corrected chi connectivity index (χ1v) is 6.17. The van der Waals surface area contributed by atoms with Crippen molar-refractivity contribution in [2.75, 3.05) is 32.7 Å². The predicted molar refractivity (Wildman–Crippen MR) is 65.0 cm³/mol. The number of nitrogens with one attached hydrogen (secondary N) is 1. The first kappa shape index (κ1) is 11.0. The molecule has 1 aromatic heterocycles. The van der Waals surface area contributed by atoms with Gasteiger partial charge in [0.2, 0.25) is 0 Å². The van der Waals surface area contributed by atoms with Crippen LogP contribution in [0.3, 0.4) is 0 Å². The molecule has 0 amide bonds. The van der Waals surface area contributed by atoms with Crippen molar-refractivity contribution >= 4 is 15.9 Å². The maximum absolute atomic E-state index is 4.13. The molecule has 1 aliphatic rings. The second-order valence-corrected chi connectivity index (χ2v) is 4.64. The number of hydrogen-bond donors (Lipinski definition) is 1. The van der Waals surface area contributed by atoms with Gasteiger partial charge in [-0.3, -0.25) is 0 Å². The minimum atomic E-state index is 0.931. The second kappa shape index (κ2) is 5.58. The van der Waals surface area contributed by atoms with E-state index < -0.39 is 0 Å². The Hall–Kier alpha value is -0.450. The summed E-state index contributed by atoms with van der Waals surface area (Å²) < 4.78 is 0.931. The molecule has 0 radical (unpaired) electrons. The molecule has 4 heteroatoms. The van der Waals surface area contributed by atoms with E-state index in [-0.39, 0.29) is 0 Å². The molecule has 1 N–H and O–H groups in total. The third kappa shape index (κ3) is 3.55. The van der Waals surface area contributed by atoms with Gasteiger partial charge in [0.05, 0.1) is 0 Å². The Kier molecular flexibility index (Phi) is 4.11. The highest BCUT2D eigenvalue weighted by molar-refractivity contribution is 9.10. The van der Waals surface area contributed by atoms with Gasteiger partial charge in [-0.2, -0.15) is 0 Å². The summed E-state index contributed by atoms with van der Waals surface area (Å²) in [6.07, 6.45) is 2.97. The second-order valence-electron chi connectivity index (χ2n) is 3.83. The van der Waals surface area contributed by atoms with Crippen LogP contribution < -0.4 is 5.32 Å². The van der Waals surface area contributed by atoms with Crippen LogP contribution in [0.4, 0.5) is 0 Å². The zero-order valence-electron chi connectivity index (χ0n) is 8.75. The summed E-state index contributed by atoms with van der Waals surface area (Å²) >= 11 is 3.39. The molecule has 2 rings (SSSR count). The normalized spacial score (nSPS) is 17.9. The molecule has 0 bridgehead atoms. The highest BCUT2D eigenvalue weighted by Gasteiger charge is 2.08. The molecule has 0 atom stereocenters. The molecule has 0 unspecified atom stereocenters. The van der Waals surface area contributed by atoms with E-state index in [9.17, 15) is 0 Å². The minimum Gasteiger partial charge on any atom is -0.314 e. The smallest absolute Gasteiger partial charge is 0.106 e. The first-order chi connectivity index (χ1) is 7.34. The van der Waals surface area contributed by atoms with Crippen LogP contribution in [0, 0.1) is 0 Å². The van der Waals surface area contributed by atoms with Gasteiger partial charge in [0, 0.05) is 38.9 Å². The molecule has 0 spiro atoms. The van der Waals surface area contributed by atoms with Gasteiger partial charge >= 0.3 is 0 Å². The lowest BCUT2D eigenvalue weighted by molar-refractivity contribution is 0.244. The molecular weight excluding hydrogens is 254 g/mol. The average molecular weight is 270 g/mol. The largest absolute Gasteiger partial charge is 0.314 e. The van der Waals surface area contributed by atoms with E-state index in [1.54, 1.807) is 0 Å². The van der Waals surface area contributed by atoms with Crippen LogP contribution in [0.2, 0.25) is 0 Å². The van der Waals surface area contributed by atoms with E-state index in [4.69, 9.17) is 0 Å². The summed E-state index contributed by atoms with van der Waals surface area (Å²) in [4.78, 5) is 6.63. The molecule has 2 heterocycles. The summed E-state index contributed by atoms with van der Waals surface area (Å²) in [7, 11) is 0. The topological polar surface area (TPSA) is 28.2 Å². The van der Waals surface area contributed by atoms with Crippen molar-refractivity contribution in [3.8, 4) is 0 Å². The standard InChI is InChI=1S/C11H16BrN3/c12-11-9-10(1-3-14-11)2-6-15-7-4-13-5-8-15/h1,3,9,13H,2,4-8H2. The molecule has 0 saturated carbocycles. The molecule has 15 heavy (non-hydrogen) atoms. The molecule has 1 aromatic rings. The van der Waals surface area contributed by atoms with Crippen molar-refractivity contribution in [2.24, 2.45) is 0 Å². The molecule has 3 nitrogen and oxygen atoms in total. The Labute approximate surface area is 99.0 Å². The van der Waals surface area contributed by atoms with Gasteiger partial charge in [-0.25, -0.2) is 4.98 Å². The number of halogens is 1. The summed E-state index contributed by atoms with van der Waals surface area (Å²) in [6.45, 7) is 5.75. The molecule has 1 aliphatic heterocycles. The summed E-state index contributed by atoms with van der Waals surface area (Å²) in [5.74, 6) is 0. The molecular formula is C11H16BrN3. The summed E-state index contributed by atoms with van der Waals surface area (Å²) in [6, 6.07) is 4.19. The van der Waals surface area contributed by atoms with Crippen LogP contribution in [-0.2, 0) is 6.42 Å². The van der Waals surface area contributed by atoms with E-state index in [1.165, 1.54) is 18.7 Å². The fourth-order valence-corrected chi connectivity index (χ4v) is 2.23. The molecule has 0 aliphatic carbocycles. The van der Waals surface area contributed by atoms with Gasteiger partial charge in [-0.05, 0) is 40.0 Å². The van der Waals surface area contributed by atoms with Crippen molar-refractivity contribution in [1.82, 2.24) is 15.2 Å². The summed E-state index contributed by atoms with van der Waals surface area (Å²) in [5, 5.41) is 3.36. The fraction of sp³-hybridized carbons (Fsp3) is 0.545. The quantitative estimate of drug-likeness (QED) is 0.839. The van der Waals surface area contributed by atoms with Gasteiger partial charge in [-0.1, -0.05) is 0 Å². The van der Waals surface area contributed by atoms with E-state index in [2.05, 4.69) is 43.3 Å². The van der Waals surface area contributed by atoms with Crippen molar-refractivity contribution in [1.29, 1.82) is 0 Å². The first-order valence-electron chi connectivity index (χ1n) is 5.38. The number of aromatic nitrogens is 1. The van der Waals surface area contributed by atoms with E-state index in [0.717, 1.165) is 30.7 Å².